The molecule has 4 rings (SSSR count). The van der Waals surface area contributed by atoms with Crippen LogP contribution in [-0.4, -0.2) is 107 Å². The summed E-state index contributed by atoms with van der Waals surface area (Å²) in [5.74, 6) is -2.33. The van der Waals surface area contributed by atoms with E-state index in [1.165, 1.54) is 16.2 Å². The molecule has 330 valence electrons. The average Bonchev–Trinajstić information content (AvgIpc) is 3.83. The van der Waals surface area contributed by atoms with E-state index in [1.54, 1.807) is 11.6 Å². The number of carbonyl (C=O) groups excluding carboxylic acids is 6. The molecule has 17 heteroatoms. The summed E-state index contributed by atoms with van der Waals surface area (Å²) in [5.41, 5.74) is -0.677. The molecular weight excluding hydrogens is 785 g/mol. The number of rotatable bonds is 12. The maximum Gasteiger partial charge on any atom is 0.315 e. The maximum atomic E-state index is 14.7. The molecule has 1 saturated heterocycles. The molecule has 0 radical (unpaired) electrons. The number of amidine groups is 1. The highest BCUT2D eigenvalue weighted by atomic mass is 32.1. The number of nitrogens with one attached hydrogen (secondary N) is 7. The largest absolute Gasteiger partial charge is 0.360 e. The van der Waals surface area contributed by atoms with Gasteiger partial charge in [-0.2, -0.15) is 0 Å². The van der Waals surface area contributed by atoms with Crippen molar-refractivity contribution in [2.75, 3.05) is 19.6 Å². The number of hydrogen-bond donors (Lipinski definition) is 7. The number of nitrogens with zero attached hydrogens (tertiary/aromatic N) is 3. The first kappa shape index (κ1) is 47.6. The number of aliphatic imine (C=N–C) groups is 1. The van der Waals surface area contributed by atoms with E-state index in [-0.39, 0.29) is 55.0 Å². The average molecular weight is 851 g/mol. The predicted octanol–water partition coefficient (Wildman–Crippen LogP) is 3.06. The molecule has 0 bridgehead atoms. The molecule has 0 unspecified atom stereocenters. The van der Waals surface area contributed by atoms with Gasteiger partial charge in [-0.15, -0.1) is 11.3 Å². The highest BCUT2D eigenvalue weighted by Crippen LogP contribution is 2.28. The summed E-state index contributed by atoms with van der Waals surface area (Å²) in [7, 11) is 0. The third-order valence-corrected chi connectivity index (χ3v) is 11.5. The molecule has 1 aromatic heterocycles. The quantitative estimate of drug-likeness (QED) is 0.168. The summed E-state index contributed by atoms with van der Waals surface area (Å²) in [4.78, 5) is 94.0. The maximum absolute atomic E-state index is 14.7. The van der Waals surface area contributed by atoms with Crippen molar-refractivity contribution in [2.24, 2.45) is 27.7 Å². The molecule has 7 atom stereocenters. The van der Waals surface area contributed by atoms with E-state index >= 15 is 0 Å². The van der Waals surface area contributed by atoms with Crippen LogP contribution < -0.4 is 37.2 Å². The standard InChI is InChI=1S/C43H66N10O6S/c1-24(2)31-37(56)52-33(42(6,7)8)35(45-23-30(54)53-19-17-26(5)32(53)38(57)50-31)51-34(43(9,10)11)39(58)48-28(21-27-15-13-12-14-16-27)36(55)49-29(40-44-18-20-60-40)22-46-41(59)47-25(3)4/h12-16,18,20,24-26,28-29,31-34H,17,19,21-23H2,1-11H3,(H,45,51)(H,48,58)(H,49,55)(H,50,57)(H,52,56)(H2,46,47,59)/t26-,28+,29+,31+,32+,33-,34+/m1/s1. The molecule has 0 spiro atoms. The van der Waals surface area contributed by atoms with Crippen LogP contribution in [-0.2, 0) is 30.4 Å². The molecule has 2 aliphatic heterocycles. The van der Waals surface area contributed by atoms with E-state index in [2.05, 4.69) is 42.2 Å². The van der Waals surface area contributed by atoms with Crippen molar-refractivity contribution in [1.29, 1.82) is 0 Å². The van der Waals surface area contributed by atoms with Gasteiger partial charge in [-0.3, -0.25) is 29.0 Å². The Hall–Kier alpha value is -5.06. The zero-order valence-electron chi connectivity index (χ0n) is 37.0. The first-order valence-corrected chi connectivity index (χ1v) is 21.7. The van der Waals surface area contributed by atoms with Crippen LogP contribution in [0.1, 0.15) is 99.2 Å². The van der Waals surface area contributed by atoms with Crippen molar-refractivity contribution in [3.8, 4) is 0 Å². The molecule has 3 heterocycles. The molecule has 60 heavy (non-hydrogen) atoms. The fourth-order valence-corrected chi connectivity index (χ4v) is 8.00. The van der Waals surface area contributed by atoms with E-state index in [0.29, 0.717) is 18.0 Å². The van der Waals surface area contributed by atoms with E-state index in [1.807, 2.05) is 106 Å². The van der Waals surface area contributed by atoms with Crippen LogP contribution in [0.25, 0.3) is 0 Å². The molecular formula is C43H66N10O6S. The SMILES string of the molecule is CC(C)NC(=O)NC[C@H](NC(=O)[C@H](Cc1ccccc1)NC(=O)[C@H](NC1=NCC(=O)N2CC[C@@H](C)[C@H]2C(=O)N[C@@H](C(C)C)C(=O)N[C@H]1C(C)(C)C)C(C)(C)C)c1nccs1. The molecule has 1 fully saturated rings. The zero-order chi connectivity index (χ0) is 44.5. The number of benzene rings is 1. The highest BCUT2D eigenvalue weighted by molar-refractivity contribution is 7.09. The Balaban J connectivity index is 1.71. The van der Waals surface area contributed by atoms with Crippen molar-refractivity contribution in [3.63, 3.8) is 0 Å². The lowest BCUT2D eigenvalue weighted by molar-refractivity contribution is -0.140. The minimum atomic E-state index is -1.07. The molecule has 16 nitrogen and oxygen atoms in total. The normalized spacial score (nSPS) is 21.9. The van der Waals surface area contributed by atoms with E-state index in [9.17, 15) is 28.8 Å². The molecule has 7 amide bonds. The van der Waals surface area contributed by atoms with Crippen LogP contribution in [0.3, 0.4) is 0 Å². The van der Waals surface area contributed by atoms with Gasteiger partial charge in [0, 0.05) is 37.1 Å². The van der Waals surface area contributed by atoms with Crippen molar-refractivity contribution >= 4 is 52.7 Å². The predicted molar refractivity (Wildman–Crippen MR) is 233 cm³/mol. The summed E-state index contributed by atoms with van der Waals surface area (Å²) in [6.07, 6.45) is 2.39. The van der Waals surface area contributed by atoms with Crippen LogP contribution in [0.15, 0.2) is 46.9 Å². The minimum absolute atomic E-state index is 0.0485. The van der Waals surface area contributed by atoms with Gasteiger partial charge in [0.05, 0.1) is 12.1 Å². The topological polar surface area (TPSA) is 215 Å². The lowest BCUT2D eigenvalue weighted by Gasteiger charge is -2.39. The van der Waals surface area contributed by atoms with Gasteiger partial charge in [-0.1, -0.05) is 92.6 Å². The van der Waals surface area contributed by atoms with Gasteiger partial charge in [0.25, 0.3) is 0 Å². The molecule has 0 saturated carbocycles. The van der Waals surface area contributed by atoms with Crippen molar-refractivity contribution < 1.29 is 28.8 Å². The number of aromatic nitrogens is 1. The summed E-state index contributed by atoms with van der Waals surface area (Å²) in [6, 6.07) is 3.55. The number of carbonyl (C=O) groups is 6. The molecule has 7 N–H and O–H groups in total. The van der Waals surface area contributed by atoms with E-state index in [4.69, 9.17) is 4.99 Å². The van der Waals surface area contributed by atoms with E-state index < -0.39 is 70.8 Å². The first-order valence-electron chi connectivity index (χ1n) is 20.9. The van der Waals surface area contributed by atoms with Gasteiger partial charge < -0.3 is 42.1 Å². The lowest BCUT2D eigenvalue weighted by atomic mass is 9.82. The second-order valence-electron chi connectivity index (χ2n) is 18.7. The number of amides is 7. The minimum Gasteiger partial charge on any atom is -0.360 e. The van der Waals surface area contributed by atoms with Crippen LogP contribution in [0, 0.1) is 22.7 Å². The second-order valence-corrected chi connectivity index (χ2v) is 19.6. The van der Waals surface area contributed by atoms with Gasteiger partial charge >= 0.3 is 6.03 Å². The van der Waals surface area contributed by atoms with Crippen molar-refractivity contribution in [1.82, 2.24) is 47.1 Å². The lowest BCUT2D eigenvalue weighted by Crippen LogP contribution is -2.65. The molecule has 2 aliphatic rings. The Morgan fingerprint density at radius 3 is 2.18 bits per heavy atom. The number of hydrogen-bond acceptors (Lipinski definition) is 10. The van der Waals surface area contributed by atoms with Crippen molar-refractivity contribution in [3.05, 3.63) is 52.5 Å². The Morgan fingerprint density at radius 1 is 0.917 bits per heavy atom. The number of fused-ring (bicyclic) bond motifs is 1. The highest BCUT2D eigenvalue weighted by Gasteiger charge is 2.44. The third-order valence-electron chi connectivity index (χ3n) is 10.6. The Labute approximate surface area is 358 Å². The Bertz CT molecular complexity index is 1840. The summed E-state index contributed by atoms with van der Waals surface area (Å²) >= 11 is 1.33. The number of thiazole rings is 1. The van der Waals surface area contributed by atoms with Crippen LogP contribution in [0.4, 0.5) is 4.79 Å². The van der Waals surface area contributed by atoms with Gasteiger partial charge in [-0.25, -0.2) is 9.78 Å². The summed E-state index contributed by atoms with van der Waals surface area (Å²) in [6.45, 7) is 20.7. The van der Waals surface area contributed by atoms with Crippen LogP contribution >= 0.6 is 11.3 Å². The van der Waals surface area contributed by atoms with Gasteiger partial charge in [0.15, 0.2) is 0 Å². The monoisotopic (exact) mass is 850 g/mol. The Morgan fingerprint density at radius 2 is 1.60 bits per heavy atom. The summed E-state index contributed by atoms with van der Waals surface area (Å²) in [5, 5.41) is 23.4. The van der Waals surface area contributed by atoms with Crippen LogP contribution in [0.2, 0.25) is 0 Å². The van der Waals surface area contributed by atoms with Gasteiger partial charge in [0.2, 0.25) is 29.5 Å². The van der Waals surface area contributed by atoms with Crippen molar-refractivity contribution in [2.45, 2.75) is 131 Å². The van der Waals surface area contributed by atoms with Gasteiger partial charge in [-0.05, 0) is 48.5 Å². The summed E-state index contributed by atoms with van der Waals surface area (Å²) < 4.78 is 0. The number of urea groups is 1. The fourth-order valence-electron chi connectivity index (χ4n) is 7.32. The Kier molecular flexibility index (Phi) is 16.2. The second kappa shape index (κ2) is 20.5. The molecule has 2 aromatic rings. The van der Waals surface area contributed by atoms with Gasteiger partial charge in [0.1, 0.15) is 41.6 Å². The molecule has 0 aliphatic carbocycles. The smallest absolute Gasteiger partial charge is 0.315 e. The fraction of sp³-hybridized carbons (Fsp3) is 0.628. The third kappa shape index (κ3) is 13.0. The van der Waals surface area contributed by atoms with E-state index in [0.717, 1.165) is 5.56 Å². The first-order chi connectivity index (χ1) is 28.1. The molecule has 1 aromatic carbocycles. The zero-order valence-corrected chi connectivity index (χ0v) is 37.8. The van der Waals surface area contributed by atoms with Crippen LogP contribution in [0.5, 0.6) is 0 Å².